The second kappa shape index (κ2) is 7.13. The van der Waals surface area contributed by atoms with Crippen LogP contribution < -0.4 is 4.74 Å². The molecule has 0 aliphatic carbocycles. The zero-order chi connectivity index (χ0) is 18.9. The molecule has 4 rings (SSSR count). The molecular formula is C22H27NO4. The number of nitrogens with zero attached hydrogens (tertiary/aromatic N) is 1. The van der Waals surface area contributed by atoms with Gasteiger partial charge in [-0.1, -0.05) is 30.3 Å². The fourth-order valence-corrected chi connectivity index (χ4v) is 4.30. The van der Waals surface area contributed by atoms with Gasteiger partial charge in [-0.3, -0.25) is 4.79 Å². The normalized spacial score (nSPS) is 24.9. The van der Waals surface area contributed by atoms with Crippen molar-refractivity contribution in [3.63, 3.8) is 0 Å². The van der Waals surface area contributed by atoms with Crippen LogP contribution in [-0.4, -0.2) is 53.4 Å². The molecule has 2 aromatic rings. The van der Waals surface area contributed by atoms with Gasteiger partial charge in [-0.2, -0.15) is 0 Å². The highest BCUT2D eigenvalue weighted by molar-refractivity contribution is 5.84. The number of fused-ring (bicyclic) bond motifs is 1. The van der Waals surface area contributed by atoms with Crippen LogP contribution >= 0.6 is 0 Å². The van der Waals surface area contributed by atoms with E-state index in [4.69, 9.17) is 9.47 Å². The number of aliphatic hydroxyl groups is 1. The first-order valence-electron chi connectivity index (χ1n) is 9.71. The molecular weight excluding hydrogens is 342 g/mol. The van der Waals surface area contributed by atoms with Crippen molar-refractivity contribution in [2.24, 2.45) is 0 Å². The molecule has 2 aliphatic rings. The highest BCUT2D eigenvalue weighted by Crippen LogP contribution is 2.39. The van der Waals surface area contributed by atoms with E-state index in [-0.39, 0.29) is 18.1 Å². The molecule has 0 saturated carbocycles. The maximum Gasteiger partial charge on any atom is 0.260 e. The Kier molecular flexibility index (Phi) is 4.82. The molecule has 1 spiro atoms. The van der Waals surface area contributed by atoms with E-state index in [0.717, 1.165) is 23.6 Å². The van der Waals surface area contributed by atoms with Crippen LogP contribution in [0.25, 0.3) is 10.8 Å². The average molecular weight is 369 g/mol. The molecule has 2 aromatic carbocycles. The fourth-order valence-electron chi connectivity index (χ4n) is 4.30. The molecule has 2 heterocycles. The standard InChI is InChI=1S/C22H27NO4/c1-21(25)10-13-27-22(16-21)8-11-23(12-9-22)20(24)15-26-19-7-6-17-4-2-3-5-18(17)14-19/h2-7,14,25H,8-13,15-16H2,1H3. The lowest BCUT2D eigenvalue weighted by Gasteiger charge is -2.48. The largest absolute Gasteiger partial charge is 0.484 e. The molecule has 27 heavy (non-hydrogen) atoms. The van der Waals surface area contributed by atoms with E-state index in [1.54, 1.807) is 0 Å². The summed E-state index contributed by atoms with van der Waals surface area (Å²) in [6.45, 7) is 3.81. The van der Waals surface area contributed by atoms with Crippen LogP contribution in [0.2, 0.25) is 0 Å². The number of hydrogen-bond acceptors (Lipinski definition) is 4. The summed E-state index contributed by atoms with van der Waals surface area (Å²) >= 11 is 0. The third kappa shape index (κ3) is 4.09. The van der Waals surface area contributed by atoms with Crippen LogP contribution in [0.5, 0.6) is 5.75 Å². The summed E-state index contributed by atoms with van der Waals surface area (Å²) in [5.74, 6) is 0.711. The number of carbonyl (C=O) groups excluding carboxylic acids is 1. The van der Waals surface area contributed by atoms with Gasteiger partial charge in [0.05, 0.1) is 17.8 Å². The number of carbonyl (C=O) groups is 1. The number of ether oxygens (including phenoxy) is 2. The van der Waals surface area contributed by atoms with Crippen molar-refractivity contribution in [1.82, 2.24) is 4.90 Å². The zero-order valence-electron chi connectivity index (χ0n) is 15.8. The van der Waals surface area contributed by atoms with E-state index >= 15 is 0 Å². The summed E-state index contributed by atoms with van der Waals surface area (Å²) < 4.78 is 11.7. The molecule has 1 unspecified atom stereocenters. The van der Waals surface area contributed by atoms with E-state index in [1.165, 1.54) is 0 Å². The van der Waals surface area contributed by atoms with Crippen molar-refractivity contribution in [2.75, 3.05) is 26.3 Å². The fraction of sp³-hybridized carbons (Fsp3) is 0.500. The minimum absolute atomic E-state index is 0.000535. The number of likely N-dealkylation sites (tertiary alicyclic amines) is 1. The predicted molar refractivity (Wildman–Crippen MR) is 104 cm³/mol. The molecule has 1 atom stereocenters. The Labute approximate surface area is 159 Å². The van der Waals surface area contributed by atoms with Gasteiger partial charge in [0.15, 0.2) is 6.61 Å². The van der Waals surface area contributed by atoms with Crippen LogP contribution in [0.3, 0.4) is 0 Å². The lowest BCUT2D eigenvalue weighted by atomic mass is 9.78. The summed E-state index contributed by atoms with van der Waals surface area (Å²) in [7, 11) is 0. The Morgan fingerprint density at radius 2 is 1.89 bits per heavy atom. The van der Waals surface area contributed by atoms with Crippen molar-refractivity contribution in [3.8, 4) is 5.75 Å². The van der Waals surface area contributed by atoms with Gasteiger partial charge in [0.1, 0.15) is 5.75 Å². The monoisotopic (exact) mass is 369 g/mol. The van der Waals surface area contributed by atoms with Gasteiger partial charge in [0, 0.05) is 19.5 Å². The molecule has 0 radical (unpaired) electrons. The molecule has 5 nitrogen and oxygen atoms in total. The third-order valence-electron chi connectivity index (χ3n) is 5.86. The molecule has 0 aromatic heterocycles. The van der Waals surface area contributed by atoms with Gasteiger partial charge in [-0.05, 0) is 49.1 Å². The topological polar surface area (TPSA) is 59.0 Å². The first-order valence-corrected chi connectivity index (χ1v) is 9.71. The van der Waals surface area contributed by atoms with Crippen LogP contribution in [0, 0.1) is 0 Å². The summed E-state index contributed by atoms with van der Waals surface area (Å²) in [5.41, 5.74) is -0.943. The number of piperidine rings is 1. The Morgan fingerprint density at radius 3 is 2.63 bits per heavy atom. The second-order valence-electron chi connectivity index (χ2n) is 8.13. The Bertz CT molecular complexity index is 824. The van der Waals surface area contributed by atoms with Crippen LogP contribution in [-0.2, 0) is 9.53 Å². The second-order valence-corrected chi connectivity index (χ2v) is 8.13. The summed E-state index contributed by atoms with van der Waals surface area (Å²) in [6.07, 6.45) is 2.86. The van der Waals surface area contributed by atoms with E-state index in [2.05, 4.69) is 6.07 Å². The first-order chi connectivity index (χ1) is 12.9. The maximum absolute atomic E-state index is 12.5. The Morgan fingerprint density at radius 1 is 1.15 bits per heavy atom. The van der Waals surface area contributed by atoms with E-state index in [0.29, 0.717) is 38.3 Å². The van der Waals surface area contributed by atoms with Crippen molar-refractivity contribution in [1.29, 1.82) is 0 Å². The predicted octanol–water partition coefficient (Wildman–Crippen LogP) is 3.14. The maximum atomic E-state index is 12.5. The highest BCUT2D eigenvalue weighted by atomic mass is 16.5. The number of rotatable bonds is 3. The van der Waals surface area contributed by atoms with Crippen molar-refractivity contribution < 1.29 is 19.4 Å². The molecule has 1 amide bonds. The van der Waals surface area contributed by atoms with Crippen LogP contribution in [0.4, 0.5) is 0 Å². The quantitative estimate of drug-likeness (QED) is 0.903. The van der Waals surface area contributed by atoms with Crippen molar-refractivity contribution in [2.45, 2.75) is 43.8 Å². The number of benzene rings is 2. The molecule has 5 heteroatoms. The Balaban J connectivity index is 1.31. The van der Waals surface area contributed by atoms with Gasteiger partial charge >= 0.3 is 0 Å². The number of hydrogen-bond donors (Lipinski definition) is 1. The van der Waals surface area contributed by atoms with Gasteiger partial charge < -0.3 is 19.5 Å². The molecule has 144 valence electrons. The average Bonchev–Trinajstić information content (AvgIpc) is 2.65. The lowest BCUT2D eigenvalue weighted by Crippen LogP contribution is -2.54. The SMILES string of the molecule is CC1(O)CCOC2(CCN(C(=O)COc3ccc4ccccc4c3)CC2)C1. The first kappa shape index (κ1) is 18.3. The smallest absolute Gasteiger partial charge is 0.260 e. The molecule has 0 bridgehead atoms. The minimum atomic E-state index is -0.663. The van der Waals surface area contributed by atoms with Crippen LogP contribution in [0.15, 0.2) is 42.5 Å². The van der Waals surface area contributed by atoms with Crippen molar-refractivity contribution in [3.05, 3.63) is 42.5 Å². The Hall–Kier alpha value is -2.11. The molecule has 2 fully saturated rings. The van der Waals surface area contributed by atoms with Crippen LogP contribution in [0.1, 0.15) is 32.6 Å². The molecule has 2 saturated heterocycles. The summed E-state index contributed by atoms with van der Waals surface area (Å²) in [4.78, 5) is 14.4. The van der Waals surface area contributed by atoms with E-state index in [1.807, 2.05) is 48.2 Å². The van der Waals surface area contributed by atoms with Crippen molar-refractivity contribution >= 4 is 16.7 Å². The number of amides is 1. The summed E-state index contributed by atoms with van der Waals surface area (Å²) in [5, 5.41) is 12.6. The van der Waals surface area contributed by atoms with Gasteiger partial charge in [-0.25, -0.2) is 0 Å². The summed E-state index contributed by atoms with van der Waals surface area (Å²) in [6, 6.07) is 14.0. The lowest BCUT2D eigenvalue weighted by molar-refractivity contribution is -0.175. The highest BCUT2D eigenvalue weighted by Gasteiger charge is 2.44. The van der Waals surface area contributed by atoms with E-state index in [9.17, 15) is 9.90 Å². The minimum Gasteiger partial charge on any atom is -0.484 e. The molecule has 1 N–H and O–H groups in total. The zero-order valence-corrected chi connectivity index (χ0v) is 15.8. The molecule has 2 aliphatic heterocycles. The van der Waals surface area contributed by atoms with Gasteiger partial charge in [-0.15, -0.1) is 0 Å². The third-order valence-corrected chi connectivity index (χ3v) is 5.86. The van der Waals surface area contributed by atoms with Gasteiger partial charge in [0.25, 0.3) is 5.91 Å². The van der Waals surface area contributed by atoms with E-state index < -0.39 is 5.60 Å². The van der Waals surface area contributed by atoms with Gasteiger partial charge in [0.2, 0.25) is 0 Å².